The quantitative estimate of drug-likeness (QED) is 0.275. The normalized spacial score (nSPS) is 13.9. The fraction of sp³-hybridized carbons (Fsp3) is 0.355. The number of hydrogen-bond donors (Lipinski definition) is 3. The maximum absolute atomic E-state index is 13.7. The molecule has 4 rings (SSSR count). The molecule has 0 unspecified atom stereocenters. The molecule has 2 amide bonds. The molecule has 4 N–H and O–H groups in total. The van der Waals surface area contributed by atoms with E-state index in [2.05, 4.69) is 10.0 Å². The second-order valence-corrected chi connectivity index (χ2v) is 12.0. The summed E-state index contributed by atoms with van der Waals surface area (Å²) in [6.07, 6.45) is 2.34. The topological polar surface area (TPSA) is 140 Å². The Labute approximate surface area is 247 Å². The number of nitrogens with one attached hydrogen (secondary N) is 2. The molecule has 1 aliphatic heterocycles. The average molecular weight is 595 g/mol. The van der Waals surface area contributed by atoms with Crippen LogP contribution in [0.1, 0.15) is 30.4 Å². The second kappa shape index (κ2) is 14.2. The van der Waals surface area contributed by atoms with Crippen molar-refractivity contribution in [2.45, 2.75) is 37.0 Å². The van der Waals surface area contributed by atoms with Gasteiger partial charge in [0.25, 0.3) is 0 Å². The number of piperidine rings is 1. The number of hydrogen-bond acceptors (Lipinski definition) is 7. The number of benzene rings is 3. The lowest BCUT2D eigenvalue weighted by atomic mass is 9.96. The van der Waals surface area contributed by atoms with Gasteiger partial charge in [-0.25, -0.2) is 13.1 Å². The van der Waals surface area contributed by atoms with Gasteiger partial charge in [-0.1, -0.05) is 36.4 Å². The van der Waals surface area contributed by atoms with Crippen molar-refractivity contribution in [3.8, 4) is 11.5 Å². The first-order valence-electron chi connectivity index (χ1n) is 13.9. The fourth-order valence-corrected chi connectivity index (χ4v) is 6.32. The molecule has 1 saturated heterocycles. The number of methoxy groups -OCH3 is 2. The van der Waals surface area contributed by atoms with Gasteiger partial charge in [-0.3, -0.25) is 9.59 Å². The standard InChI is InChI=1S/C31H38N4O6S/c1-40-27-12-8-23(20-28(27)41-2)14-17-33-42(38,39)29-21-25(34-30(36)13-9-22-6-4-3-5-7-22)10-11-26(29)35-18-15-24(16-19-35)31(32)37/h3-8,10-12,20-21,24,33H,9,13-19H2,1-2H3,(H2,32,37)(H,34,36). The summed E-state index contributed by atoms with van der Waals surface area (Å²) in [6, 6.07) is 20.0. The number of carbonyl (C=O) groups is 2. The van der Waals surface area contributed by atoms with Gasteiger partial charge in [0.05, 0.1) is 19.9 Å². The van der Waals surface area contributed by atoms with Gasteiger partial charge in [0, 0.05) is 37.7 Å². The summed E-state index contributed by atoms with van der Waals surface area (Å²) < 4.78 is 40.7. The van der Waals surface area contributed by atoms with Gasteiger partial charge in [0.2, 0.25) is 21.8 Å². The zero-order valence-electron chi connectivity index (χ0n) is 24.0. The summed E-state index contributed by atoms with van der Waals surface area (Å²) in [5.74, 6) is 0.375. The summed E-state index contributed by atoms with van der Waals surface area (Å²) in [7, 11) is -0.871. The summed E-state index contributed by atoms with van der Waals surface area (Å²) in [4.78, 5) is 26.4. The van der Waals surface area contributed by atoms with Crippen molar-refractivity contribution in [2.24, 2.45) is 11.7 Å². The molecule has 0 aromatic heterocycles. The van der Waals surface area contributed by atoms with Gasteiger partial charge < -0.3 is 25.4 Å². The van der Waals surface area contributed by atoms with Gasteiger partial charge in [0.1, 0.15) is 4.90 Å². The van der Waals surface area contributed by atoms with Crippen LogP contribution in [0, 0.1) is 5.92 Å². The fourth-order valence-electron chi connectivity index (χ4n) is 5.04. The van der Waals surface area contributed by atoms with E-state index in [0.717, 1.165) is 11.1 Å². The van der Waals surface area contributed by atoms with Crippen molar-refractivity contribution in [3.05, 3.63) is 77.9 Å². The van der Waals surface area contributed by atoms with E-state index in [9.17, 15) is 18.0 Å². The smallest absolute Gasteiger partial charge is 0.242 e. The first kappa shape index (κ1) is 30.9. The molecule has 3 aromatic carbocycles. The predicted octanol–water partition coefficient (Wildman–Crippen LogP) is 3.50. The highest BCUT2D eigenvalue weighted by Crippen LogP contribution is 2.32. The molecule has 3 aromatic rings. The van der Waals surface area contributed by atoms with E-state index in [-0.39, 0.29) is 35.6 Å². The monoisotopic (exact) mass is 594 g/mol. The summed E-state index contributed by atoms with van der Waals surface area (Å²) in [5.41, 5.74) is 8.33. The number of sulfonamides is 1. The van der Waals surface area contributed by atoms with Gasteiger partial charge in [-0.15, -0.1) is 0 Å². The van der Waals surface area contributed by atoms with E-state index in [1.54, 1.807) is 32.4 Å². The number of amides is 2. The van der Waals surface area contributed by atoms with Crippen molar-refractivity contribution in [1.29, 1.82) is 0 Å². The Morgan fingerprint density at radius 2 is 1.62 bits per heavy atom. The van der Waals surface area contributed by atoms with Crippen LogP contribution in [0.3, 0.4) is 0 Å². The number of aryl methyl sites for hydroxylation is 1. The Hall–Kier alpha value is -4.09. The van der Waals surface area contributed by atoms with E-state index in [1.807, 2.05) is 47.4 Å². The van der Waals surface area contributed by atoms with Crippen molar-refractivity contribution in [1.82, 2.24) is 4.72 Å². The Bertz CT molecular complexity index is 1490. The van der Waals surface area contributed by atoms with E-state index >= 15 is 0 Å². The average Bonchev–Trinajstić information content (AvgIpc) is 3.00. The van der Waals surface area contributed by atoms with Crippen molar-refractivity contribution < 1.29 is 27.5 Å². The third-order valence-corrected chi connectivity index (χ3v) is 8.90. The maximum atomic E-state index is 13.7. The minimum atomic E-state index is -3.97. The SMILES string of the molecule is COc1ccc(CCNS(=O)(=O)c2cc(NC(=O)CCc3ccccc3)ccc2N2CCC(C(N)=O)CC2)cc1OC. The van der Waals surface area contributed by atoms with Crippen molar-refractivity contribution >= 4 is 33.2 Å². The van der Waals surface area contributed by atoms with Crippen LogP contribution in [0.15, 0.2) is 71.6 Å². The zero-order chi connectivity index (χ0) is 30.1. The molecule has 1 fully saturated rings. The highest BCUT2D eigenvalue weighted by atomic mass is 32.2. The molecule has 0 radical (unpaired) electrons. The number of carbonyl (C=O) groups excluding carboxylic acids is 2. The summed E-state index contributed by atoms with van der Waals surface area (Å²) >= 11 is 0. The summed E-state index contributed by atoms with van der Waals surface area (Å²) in [6.45, 7) is 1.13. The molecule has 1 heterocycles. The van der Waals surface area contributed by atoms with Crippen molar-refractivity contribution in [3.63, 3.8) is 0 Å². The van der Waals surface area contributed by atoms with Crippen LogP contribution in [0.5, 0.6) is 11.5 Å². The van der Waals surface area contributed by atoms with Crippen LogP contribution in [-0.4, -0.2) is 54.1 Å². The Morgan fingerprint density at radius 3 is 2.29 bits per heavy atom. The molecular formula is C31H38N4O6S. The summed E-state index contributed by atoms with van der Waals surface area (Å²) in [5, 5.41) is 2.85. The van der Waals surface area contributed by atoms with E-state index in [4.69, 9.17) is 15.2 Å². The minimum Gasteiger partial charge on any atom is -0.493 e. The van der Waals surface area contributed by atoms with Crippen LogP contribution in [0.4, 0.5) is 11.4 Å². The lowest BCUT2D eigenvalue weighted by Crippen LogP contribution is -2.39. The number of ether oxygens (including phenoxy) is 2. The lowest BCUT2D eigenvalue weighted by Gasteiger charge is -2.33. The minimum absolute atomic E-state index is 0.0631. The van der Waals surface area contributed by atoms with Crippen LogP contribution in [0.2, 0.25) is 0 Å². The Kier molecular flexibility index (Phi) is 10.4. The molecule has 224 valence electrons. The van der Waals surface area contributed by atoms with E-state index in [1.165, 1.54) is 6.07 Å². The van der Waals surface area contributed by atoms with Gasteiger partial charge in [-0.05, 0) is 67.1 Å². The molecule has 0 spiro atoms. The molecule has 0 atom stereocenters. The van der Waals surface area contributed by atoms with Crippen LogP contribution in [0.25, 0.3) is 0 Å². The molecule has 11 heteroatoms. The Morgan fingerprint density at radius 1 is 0.905 bits per heavy atom. The second-order valence-electron chi connectivity index (χ2n) is 10.2. The first-order chi connectivity index (χ1) is 20.2. The number of nitrogens with two attached hydrogens (primary N) is 1. The van der Waals surface area contributed by atoms with E-state index < -0.39 is 10.0 Å². The molecular weight excluding hydrogens is 556 g/mol. The third-order valence-electron chi connectivity index (χ3n) is 7.41. The zero-order valence-corrected chi connectivity index (χ0v) is 24.8. The van der Waals surface area contributed by atoms with Crippen molar-refractivity contribution in [2.75, 3.05) is 44.1 Å². The lowest BCUT2D eigenvalue weighted by molar-refractivity contribution is -0.122. The Balaban J connectivity index is 1.51. The van der Waals surface area contributed by atoms with Crippen LogP contribution >= 0.6 is 0 Å². The highest BCUT2D eigenvalue weighted by Gasteiger charge is 2.28. The van der Waals surface area contributed by atoms with E-state index in [0.29, 0.717) is 61.6 Å². The number of nitrogens with zero attached hydrogens (tertiary/aromatic N) is 1. The van der Waals surface area contributed by atoms with Crippen LogP contribution in [-0.2, 0) is 32.5 Å². The molecule has 10 nitrogen and oxygen atoms in total. The maximum Gasteiger partial charge on any atom is 0.242 e. The molecule has 0 bridgehead atoms. The molecule has 0 saturated carbocycles. The molecule has 42 heavy (non-hydrogen) atoms. The number of anilines is 2. The van der Waals surface area contributed by atoms with Crippen LogP contribution < -0.4 is 30.1 Å². The largest absolute Gasteiger partial charge is 0.493 e. The van der Waals surface area contributed by atoms with Gasteiger partial charge in [-0.2, -0.15) is 0 Å². The molecule has 0 aliphatic carbocycles. The highest BCUT2D eigenvalue weighted by molar-refractivity contribution is 7.89. The van der Waals surface area contributed by atoms with Gasteiger partial charge in [0.15, 0.2) is 11.5 Å². The predicted molar refractivity (Wildman–Crippen MR) is 162 cm³/mol. The third kappa shape index (κ3) is 8.01. The van der Waals surface area contributed by atoms with Gasteiger partial charge >= 0.3 is 0 Å². The number of rotatable bonds is 13. The number of primary amides is 1. The first-order valence-corrected chi connectivity index (χ1v) is 15.4. The molecule has 1 aliphatic rings.